The Morgan fingerprint density at radius 3 is 2.72 bits per heavy atom. The smallest absolute Gasteiger partial charge is 0.129 e. The summed E-state index contributed by atoms with van der Waals surface area (Å²) in [6.45, 7) is 7.24. The Morgan fingerprint density at radius 1 is 1.33 bits per heavy atom. The standard InChI is InChI=1S/C14H18FN3/c1-4-16-9-12-13(15)6-5-7-14(12)18-11(3)8-10(2)17-18/h5-8,16H,4,9H2,1-3H3. The van der Waals surface area contributed by atoms with Crippen LogP contribution in [0.1, 0.15) is 23.9 Å². The van der Waals surface area contributed by atoms with E-state index < -0.39 is 0 Å². The Labute approximate surface area is 107 Å². The summed E-state index contributed by atoms with van der Waals surface area (Å²) in [4.78, 5) is 0. The van der Waals surface area contributed by atoms with Gasteiger partial charge in [0.05, 0.1) is 11.4 Å². The van der Waals surface area contributed by atoms with Gasteiger partial charge < -0.3 is 5.32 Å². The van der Waals surface area contributed by atoms with Crippen molar-refractivity contribution in [1.82, 2.24) is 15.1 Å². The second-order valence-corrected chi connectivity index (χ2v) is 4.36. The van der Waals surface area contributed by atoms with Crippen LogP contribution in [0, 0.1) is 19.7 Å². The van der Waals surface area contributed by atoms with Crippen LogP contribution in [0.25, 0.3) is 5.69 Å². The molecule has 0 bridgehead atoms. The summed E-state index contributed by atoms with van der Waals surface area (Å²) in [7, 11) is 0. The van der Waals surface area contributed by atoms with E-state index in [4.69, 9.17) is 0 Å². The van der Waals surface area contributed by atoms with Gasteiger partial charge in [0.1, 0.15) is 5.82 Å². The molecule has 0 aliphatic rings. The van der Waals surface area contributed by atoms with Gasteiger partial charge in [-0.05, 0) is 38.6 Å². The highest BCUT2D eigenvalue weighted by molar-refractivity contribution is 5.42. The first kappa shape index (κ1) is 12.8. The molecule has 0 amide bonds. The van der Waals surface area contributed by atoms with Gasteiger partial charge in [-0.15, -0.1) is 0 Å². The Hall–Kier alpha value is -1.68. The lowest BCUT2D eigenvalue weighted by molar-refractivity contribution is 0.588. The molecule has 0 aliphatic heterocycles. The highest BCUT2D eigenvalue weighted by Gasteiger charge is 2.12. The first-order valence-electron chi connectivity index (χ1n) is 6.15. The Morgan fingerprint density at radius 2 is 2.11 bits per heavy atom. The summed E-state index contributed by atoms with van der Waals surface area (Å²) in [6, 6.07) is 7.09. The summed E-state index contributed by atoms with van der Waals surface area (Å²) in [6.07, 6.45) is 0. The molecule has 0 saturated heterocycles. The van der Waals surface area contributed by atoms with E-state index in [2.05, 4.69) is 10.4 Å². The third-order valence-electron chi connectivity index (χ3n) is 2.88. The number of nitrogens with zero attached hydrogens (tertiary/aromatic N) is 2. The molecular weight excluding hydrogens is 229 g/mol. The van der Waals surface area contributed by atoms with Crippen LogP contribution >= 0.6 is 0 Å². The van der Waals surface area contributed by atoms with Gasteiger partial charge in [0, 0.05) is 17.8 Å². The van der Waals surface area contributed by atoms with Crippen LogP contribution in [-0.2, 0) is 6.54 Å². The lowest BCUT2D eigenvalue weighted by Gasteiger charge is -2.12. The maximum absolute atomic E-state index is 13.9. The molecule has 3 nitrogen and oxygen atoms in total. The van der Waals surface area contributed by atoms with Gasteiger partial charge in [-0.1, -0.05) is 13.0 Å². The predicted molar refractivity (Wildman–Crippen MR) is 70.4 cm³/mol. The van der Waals surface area contributed by atoms with E-state index in [1.807, 2.05) is 32.9 Å². The van der Waals surface area contributed by atoms with Crippen molar-refractivity contribution in [3.8, 4) is 5.69 Å². The fourth-order valence-electron chi connectivity index (χ4n) is 2.04. The van der Waals surface area contributed by atoms with Gasteiger partial charge in [0.2, 0.25) is 0 Å². The molecule has 4 heteroatoms. The fourth-order valence-corrected chi connectivity index (χ4v) is 2.04. The number of hydrogen-bond acceptors (Lipinski definition) is 2. The number of benzene rings is 1. The highest BCUT2D eigenvalue weighted by Crippen LogP contribution is 2.19. The molecule has 1 aromatic heterocycles. The average molecular weight is 247 g/mol. The molecule has 96 valence electrons. The summed E-state index contributed by atoms with van der Waals surface area (Å²) in [5, 5.41) is 7.57. The maximum Gasteiger partial charge on any atom is 0.129 e. The quantitative estimate of drug-likeness (QED) is 0.900. The van der Waals surface area contributed by atoms with Crippen molar-refractivity contribution in [2.24, 2.45) is 0 Å². The molecule has 1 N–H and O–H groups in total. The Kier molecular flexibility index (Phi) is 3.77. The third-order valence-corrected chi connectivity index (χ3v) is 2.88. The molecular formula is C14H18FN3. The van der Waals surface area contributed by atoms with E-state index in [9.17, 15) is 4.39 Å². The van der Waals surface area contributed by atoms with Gasteiger partial charge in [-0.2, -0.15) is 5.10 Å². The lowest BCUT2D eigenvalue weighted by atomic mass is 10.1. The Bertz CT molecular complexity index is 546. The van der Waals surface area contributed by atoms with E-state index in [0.29, 0.717) is 12.1 Å². The predicted octanol–water partition coefficient (Wildman–Crippen LogP) is 2.74. The minimum absolute atomic E-state index is 0.194. The Balaban J connectivity index is 2.49. The number of aryl methyl sites for hydroxylation is 2. The normalized spacial score (nSPS) is 10.9. The highest BCUT2D eigenvalue weighted by atomic mass is 19.1. The molecule has 0 spiro atoms. The van der Waals surface area contributed by atoms with E-state index in [1.165, 1.54) is 6.07 Å². The third kappa shape index (κ3) is 2.43. The van der Waals surface area contributed by atoms with Gasteiger partial charge in [0.25, 0.3) is 0 Å². The second kappa shape index (κ2) is 5.31. The fraction of sp³-hybridized carbons (Fsp3) is 0.357. The summed E-state index contributed by atoms with van der Waals surface area (Å²) >= 11 is 0. The van der Waals surface area contributed by atoms with Crippen molar-refractivity contribution in [3.63, 3.8) is 0 Å². The SMILES string of the molecule is CCNCc1c(F)cccc1-n1nc(C)cc1C. The van der Waals surface area contributed by atoms with Crippen LogP contribution in [0.5, 0.6) is 0 Å². The van der Waals surface area contributed by atoms with Crippen LogP contribution in [0.3, 0.4) is 0 Å². The number of rotatable bonds is 4. The average Bonchev–Trinajstić information content (AvgIpc) is 2.66. The molecule has 0 saturated carbocycles. The van der Waals surface area contributed by atoms with Crippen molar-refractivity contribution in [1.29, 1.82) is 0 Å². The maximum atomic E-state index is 13.9. The number of aromatic nitrogens is 2. The number of hydrogen-bond donors (Lipinski definition) is 1. The monoisotopic (exact) mass is 247 g/mol. The second-order valence-electron chi connectivity index (χ2n) is 4.36. The molecule has 2 aromatic rings. The topological polar surface area (TPSA) is 29.9 Å². The van der Waals surface area contributed by atoms with Crippen LogP contribution in [-0.4, -0.2) is 16.3 Å². The van der Waals surface area contributed by atoms with Crippen LogP contribution in [0.15, 0.2) is 24.3 Å². The molecule has 18 heavy (non-hydrogen) atoms. The van der Waals surface area contributed by atoms with Crippen molar-refractivity contribution >= 4 is 0 Å². The van der Waals surface area contributed by atoms with Gasteiger partial charge in [-0.25, -0.2) is 9.07 Å². The molecule has 0 fully saturated rings. The summed E-state index contributed by atoms with van der Waals surface area (Å²) in [5.74, 6) is -0.194. The summed E-state index contributed by atoms with van der Waals surface area (Å²) < 4.78 is 15.7. The van der Waals surface area contributed by atoms with E-state index in [0.717, 1.165) is 23.6 Å². The van der Waals surface area contributed by atoms with Crippen LogP contribution in [0.2, 0.25) is 0 Å². The van der Waals surface area contributed by atoms with Crippen molar-refractivity contribution in [2.75, 3.05) is 6.54 Å². The van der Waals surface area contributed by atoms with Crippen molar-refractivity contribution < 1.29 is 4.39 Å². The van der Waals surface area contributed by atoms with Crippen molar-refractivity contribution in [2.45, 2.75) is 27.3 Å². The molecule has 2 rings (SSSR count). The summed E-state index contributed by atoms with van der Waals surface area (Å²) in [5.41, 5.74) is 3.41. The van der Waals surface area contributed by atoms with E-state index >= 15 is 0 Å². The number of halogens is 1. The largest absolute Gasteiger partial charge is 0.313 e. The molecule has 0 aliphatic carbocycles. The molecule has 0 radical (unpaired) electrons. The van der Waals surface area contributed by atoms with Gasteiger partial charge in [0.15, 0.2) is 0 Å². The van der Waals surface area contributed by atoms with Crippen molar-refractivity contribution in [3.05, 3.63) is 47.0 Å². The molecule has 1 aromatic carbocycles. The zero-order valence-corrected chi connectivity index (χ0v) is 11.0. The van der Waals surface area contributed by atoms with E-state index in [-0.39, 0.29) is 5.82 Å². The first-order valence-corrected chi connectivity index (χ1v) is 6.15. The molecule has 0 atom stereocenters. The first-order chi connectivity index (χ1) is 8.63. The molecule has 1 heterocycles. The van der Waals surface area contributed by atoms with Crippen LogP contribution < -0.4 is 5.32 Å². The van der Waals surface area contributed by atoms with E-state index in [1.54, 1.807) is 10.7 Å². The van der Waals surface area contributed by atoms with Gasteiger partial charge >= 0.3 is 0 Å². The lowest BCUT2D eigenvalue weighted by Crippen LogP contribution is -2.16. The minimum atomic E-state index is -0.194. The minimum Gasteiger partial charge on any atom is -0.313 e. The molecule has 0 unspecified atom stereocenters. The van der Waals surface area contributed by atoms with Crippen LogP contribution in [0.4, 0.5) is 4.39 Å². The van der Waals surface area contributed by atoms with Gasteiger partial charge in [-0.3, -0.25) is 0 Å². The number of nitrogens with one attached hydrogen (secondary N) is 1. The zero-order valence-electron chi connectivity index (χ0n) is 11.0. The zero-order chi connectivity index (χ0) is 13.1.